The van der Waals surface area contributed by atoms with Crippen LogP contribution in [0.15, 0.2) is 194 Å². The zero-order valence-electron chi connectivity index (χ0n) is 30.3. The first-order chi connectivity index (χ1) is 26.6. The molecule has 0 radical (unpaired) electrons. The van der Waals surface area contributed by atoms with E-state index < -0.39 is 0 Å². The van der Waals surface area contributed by atoms with Gasteiger partial charge in [-0.2, -0.15) is 0 Å². The van der Waals surface area contributed by atoms with Crippen LogP contribution < -0.4 is 9.80 Å². The number of para-hydroxylation sites is 4. The maximum Gasteiger partial charge on any atom is 0.0509 e. The largest absolute Gasteiger partial charge is 0.344 e. The van der Waals surface area contributed by atoms with E-state index in [9.17, 15) is 0 Å². The normalized spacial score (nSPS) is 11.5. The number of nitrogens with zero attached hydrogens (tertiary/aromatic N) is 4. The molecule has 8 aromatic carbocycles. The molecule has 2 aromatic heterocycles. The van der Waals surface area contributed by atoms with E-state index in [4.69, 9.17) is 0 Å². The van der Waals surface area contributed by atoms with Crippen molar-refractivity contribution in [3.05, 3.63) is 194 Å². The van der Waals surface area contributed by atoms with Crippen LogP contribution in [0.5, 0.6) is 0 Å². The molecule has 0 atom stereocenters. The third kappa shape index (κ3) is 5.22. The van der Waals surface area contributed by atoms with Gasteiger partial charge in [-0.1, -0.05) is 103 Å². The Bertz CT molecular complexity index is 2920. The molecule has 4 nitrogen and oxygen atoms in total. The molecule has 0 aliphatic carbocycles. The first-order valence-electron chi connectivity index (χ1n) is 18.5. The highest BCUT2D eigenvalue weighted by Gasteiger charge is 2.18. The summed E-state index contributed by atoms with van der Waals surface area (Å²) in [6.07, 6.45) is 0. The highest BCUT2D eigenvalue weighted by atomic mass is 15.1. The maximum atomic E-state index is 2.37. The lowest BCUT2D eigenvalue weighted by Gasteiger charge is -2.26. The summed E-state index contributed by atoms with van der Waals surface area (Å²) in [6.45, 7) is 0. The van der Waals surface area contributed by atoms with Gasteiger partial charge in [0.1, 0.15) is 0 Å². The Balaban J connectivity index is 1.07. The van der Waals surface area contributed by atoms with Crippen molar-refractivity contribution in [2.24, 2.45) is 14.1 Å². The van der Waals surface area contributed by atoms with Crippen molar-refractivity contribution in [1.82, 2.24) is 9.13 Å². The van der Waals surface area contributed by atoms with Gasteiger partial charge < -0.3 is 18.9 Å². The van der Waals surface area contributed by atoms with Gasteiger partial charge in [0.15, 0.2) is 0 Å². The van der Waals surface area contributed by atoms with E-state index in [1.165, 1.54) is 54.7 Å². The van der Waals surface area contributed by atoms with Crippen LogP contribution in [0.1, 0.15) is 0 Å². The maximum absolute atomic E-state index is 2.37. The van der Waals surface area contributed by atoms with Crippen molar-refractivity contribution in [2.75, 3.05) is 9.80 Å². The molecule has 0 saturated carbocycles. The van der Waals surface area contributed by atoms with Crippen LogP contribution in [-0.4, -0.2) is 9.13 Å². The van der Waals surface area contributed by atoms with Crippen LogP contribution in [-0.2, 0) is 14.1 Å². The third-order valence-corrected chi connectivity index (χ3v) is 10.9. The van der Waals surface area contributed by atoms with Crippen molar-refractivity contribution >= 4 is 77.7 Å². The molecule has 0 unspecified atom stereocenters. The molecule has 54 heavy (non-hydrogen) atoms. The predicted molar refractivity (Wildman–Crippen MR) is 229 cm³/mol. The summed E-state index contributed by atoms with van der Waals surface area (Å²) in [5.41, 5.74) is 14.0. The second-order valence-corrected chi connectivity index (χ2v) is 14.0. The molecule has 0 saturated heterocycles. The summed E-state index contributed by atoms with van der Waals surface area (Å²) in [7, 11) is 4.34. The number of aromatic nitrogens is 2. The average molecular weight is 695 g/mol. The molecule has 10 aromatic rings. The van der Waals surface area contributed by atoms with E-state index in [1.807, 2.05) is 0 Å². The Labute approximate surface area is 315 Å². The van der Waals surface area contributed by atoms with Crippen molar-refractivity contribution in [3.8, 4) is 11.1 Å². The van der Waals surface area contributed by atoms with E-state index in [-0.39, 0.29) is 0 Å². The smallest absolute Gasteiger partial charge is 0.0509 e. The molecule has 0 aliphatic rings. The van der Waals surface area contributed by atoms with Gasteiger partial charge in [0.2, 0.25) is 0 Å². The zero-order chi connectivity index (χ0) is 36.2. The molecule has 10 rings (SSSR count). The van der Waals surface area contributed by atoms with E-state index in [0.29, 0.717) is 0 Å². The van der Waals surface area contributed by atoms with Crippen LogP contribution in [0.4, 0.5) is 34.1 Å². The lowest BCUT2D eigenvalue weighted by molar-refractivity contribution is 1.01. The van der Waals surface area contributed by atoms with Gasteiger partial charge in [-0.05, 0) is 102 Å². The average Bonchev–Trinajstić information content (AvgIpc) is 3.68. The van der Waals surface area contributed by atoms with Crippen molar-refractivity contribution in [2.45, 2.75) is 0 Å². The van der Waals surface area contributed by atoms with Gasteiger partial charge >= 0.3 is 0 Å². The summed E-state index contributed by atoms with van der Waals surface area (Å²) in [5.74, 6) is 0. The van der Waals surface area contributed by atoms with Crippen molar-refractivity contribution in [3.63, 3.8) is 0 Å². The van der Waals surface area contributed by atoms with Gasteiger partial charge in [0.25, 0.3) is 0 Å². The number of benzene rings is 8. The Hall–Kier alpha value is -7.04. The Kier molecular flexibility index (Phi) is 7.55. The first kappa shape index (κ1) is 31.7. The van der Waals surface area contributed by atoms with Crippen LogP contribution >= 0.6 is 0 Å². The molecule has 0 amide bonds. The number of fused-ring (bicyclic) bond motifs is 6. The number of hydrogen-bond donors (Lipinski definition) is 0. The Morgan fingerprint density at radius 3 is 1.41 bits per heavy atom. The van der Waals surface area contributed by atoms with Gasteiger partial charge in [-0.3, -0.25) is 0 Å². The molecule has 2 heterocycles. The van der Waals surface area contributed by atoms with E-state index >= 15 is 0 Å². The van der Waals surface area contributed by atoms with Crippen molar-refractivity contribution in [1.29, 1.82) is 0 Å². The summed E-state index contributed by atoms with van der Waals surface area (Å²) in [6, 6.07) is 70.0. The summed E-state index contributed by atoms with van der Waals surface area (Å²) in [5, 5.41) is 5.01. The minimum Gasteiger partial charge on any atom is -0.344 e. The molecule has 0 bridgehead atoms. The first-order valence-corrected chi connectivity index (χ1v) is 18.5. The molecule has 0 fully saturated rings. The lowest BCUT2D eigenvalue weighted by Crippen LogP contribution is -2.09. The summed E-state index contributed by atoms with van der Waals surface area (Å²) in [4.78, 5) is 4.69. The fourth-order valence-electron chi connectivity index (χ4n) is 8.26. The lowest BCUT2D eigenvalue weighted by atomic mass is 10.0. The SMILES string of the molecule is Cn1c2ccccc2c2cc(N(c3ccccc3)c3cccc(-c4ccc5c6ccc(N(c7ccccc7)c7ccccc7)cc6n(C)c5c4)c3)ccc21. The Morgan fingerprint density at radius 1 is 0.278 bits per heavy atom. The Morgan fingerprint density at radius 2 is 0.722 bits per heavy atom. The minimum atomic E-state index is 1.11. The molecule has 4 heteroatoms. The summed E-state index contributed by atoms with van der Waals surface area (Å²) >= 11 is 0. The fraction of sp³-hybridized carbons (Fsp3) is 0.0400. The number of aryl methyl sites for hydroxylation is 2. The van der Waals surface area contributed by atoms with Gasteiger partial charge in [0.05, 0.1) is 5.52 Å². The molecular formula is C50H38N4. The standard InChI is InChI=1S/C50H38N4/c1-51-47-24-13-12-23-43(47)46-33-41(27-30-48(46)51)54(39-20-10-5-11-21-39)40-22-14-15-35(31-40)36-25-28-44-45-29-26-42(34-50(45)52(2)49(44)32-36)53(37-16-6-3-7-17-37)38-18-8-4-9-19-38/h3-34H,1-2H3. The summed E-state index contributed by atoms with van der Waals surface area (Å²) < 4.78 is 4.62. The van der Waals surface area contributed by atoms with Crippen LogP contribution in [0.2, 0.25) is 0 Å². The van der Waals surface area contributed by atoms with Crippen LogP contribution in [0.3, 0.4) is 0 Å². The fourth-order valence-corrected chi connectivity index (χ4v) is 8.26. The van der Waals surface area contributed by atoms with Crippen LogP contribution in [0, 0.1) is 0 Å². The van der Waals surface area contributed by atoms with Crippen LogP contribution in [0.25, 0.3) is 54.7 Å². The molecule has 0 N–H and O–H groups in total. The number of hydrogen-bond acceptors (Lipinski definition) is 2. The number of anilines is 6. The third-order valence-electron chi connectivity index (χ3n) is 10.9. The predicted octanol–water partition coefficient (Wildman–Crippen LogP) is 13.6. The number of rotatable bonds is 7. The van der Waals surface area contributed by atoms with Gasteiger partial charge in [-0.15, -0.1) is 0 Å². The monoisotopic (exact) mass is 694 g/mol. The van der Waals surface area contributed by atoms with E-state index in [2.05, 4.69) is 227 Å². The topological polar surface area (TPSA) is 16.3 Å². The van der Waals surface area contributed by atoms with Gasteiger partial charge in [0, 0.05) is 86.3 Å². The molecule has 258 valence electrons. The molecule has 0 spiro atoms. The highest BCUT2D eigenvalue weighted by Crippen LogP contribution is 2.42. The van der Waals surface area contributed by atoms with Crippen molar-refractivity contribution < 1.29 is 0 Å². The second-order valence-electron chi connectivity index (χ2n) is 14.0. The minimum absolute atomic E-state index is 1.11. The van der Waals surface area contributed by atoms with E-state index in [0.717, 1.165) is 34.1 Å². The highest BCUT2D eigenvalue weighted by molar-refractivity contribution is 6.11. The molecular weight excluding hydrogens is 657 g/mol. The molecule has 0 aliphatic heterocycles. The van der Waals surface area contributed by atoms with E-state index in [1.54, 1.807) is 0 Å². The van der Waals surface area contributed by atoms with Gasteiger partial charge in [-0.25, -0.2) is 0 Å². The zero-order valence-corrected chi connectivity index (χ0v) is 30.3. The quantitative estimate of drug-likeness (QED) is 0.165. The second kappa shape index (κ2) is 12.9.